The maximum absolute atomic E-state index is 5.66. The van der Waals surface area contributed by atoms with Gasteiger partial charge in [0.25, 0.3) is 0 Å². The summed E-state index contributed by atoms with van der Waals surface area (Å²) in [6.45, 7) is 3.75. The van der Waals surface area contributed by atoms with Crippen LogP contribution in [0.1, 0.15) is 0 Å². The molecule has 5 rings (SSSR count). The smallest absolute Gasteiger partial charge is 0.226 e. The summed E-state index contributed by atoms with van der Waals surface area (Å²) in [6.07, 6.45) is 2.02. The van der Waals surface area contributed by atoms with E-state index in [0.29, 0.717) is 0 Å². The number of ether oxygens (including phenoxy) is 2. The van der Waals surface area contributed by atoms with Gasteiger partial charge < -0.3 is 24.3 Å². The molecule has 0 bridgehead atoms. The summed E-state index contributed by atoms with van der Waals surface area (Å²) in [5.74, 6) is 2.24. The third-order valence-corrected chi connectivity index (χ3v) is 6.05. The quantitative estimate of drug-likeness (QED) is 0.516. The van der Waals surface area contributed by atoms with Crippen molar-refractivity contribution >= 4 is 16.9 Å². The van der Waals surface area contributed by atoms with Crippen LogP contribution in [0.5, 0.6) is 11.5 Å². The number of fused-ring (bicyclic) bond motifs is 1. The molecule has 1 aliphatic heterocycles. The van der Waals surface area contributed by atoms with Crippen LogP contribution in [0, 0.1) is 0 Å². The van der Waals surface area contributed by atoms with Gasteiger partial charge in [0, 0.05) is 54.4 Å². The van der Waals surface area contributed by atoms with Crippen molar-refractivity contribution in [2.45, 2.75) is 0 Å². The first-order chi connectivity index (χ1) is 15.7. The van der Waals surface area contributed by atoms with Gasteiger partial charge in [0.05, 0.1) is 25.6 Å². The molecule has 0 amide bonds. The van der Waals surface area contributed by atoms with Gasteiger partial charge in [-0.3, -0.25) is 0 Å². The second-order valence-corrected chi connectivity index (χ2v) is 8.04. The number of piperazine rings is 1. The fourth-order valence-corrected chi connectivity index (χ4v) is 4.16. The molecular formula is C25H27N5O2. The normalized spacial score (nSPS) is 14.7. The largest absolute Gasteiger partial charge is 0.497 e. The maximum atomic E-state index is 5.66. The number of hydrogen-bond donors (Lipinski definition) is 1. The minimum Gasteiger partial charge on any atom is -0.497 e. The Morgan fingerprint density at radius 1 is 0.844 bits per heavy atom. The number of anilines is 1. The van der Waals surface area contributed by atoms with Crippen molar-refractivity contribution in [2.75, 3.05) is 52.3 Å². The number of methoxy groups -OCH3 is 2. The first kappa shape index (κ1) is 20.3. The molecule has 2 aromatic heterocycles. The number of hydrogen-bond acceptors (Lipinski definition) is 6. The lowest BCUT2D eigenvalue weighted by molar-refractivity contribution is 0.311. The Hall–Kier alpha value is -3.58. The molecule has 0 aliphatic carbocycles. The molecule has 1 fully saturated rings. The summed E-state index contributed by atoms with van der Waals surface area (Å²) in [7, 11) is 5.49. The van der Waals surface area contributed by atoms with E-state index >= 15 is 0 Å². The summed E-state index contributed by atoms with van der Waals surface area (Å²) in [4.78, 5) is 17.9. The summed E-state index contributed by atoms with van der Waals surface area (Å²) in [5.41, 5.74) is 4.71. The number of benzene rings is 2. The van der Waals surface area contributed by atoms with Gasteiger partial charge in [0.2, 0.25) is 5.95 Å². The Bertz CT molecular complexity index is 1240. The van der Waals surface area contributed by atoms with Gasteiger partial charge in [-0.1, -0.05) is 18.2 Å². The molecular weight excluding hydrogens is 402 g/mol. The molecule has 32 heavy (non-hydrogen) atoms. The maximum Gasteiger partial charge on any atom is 0.226 e. The van der Waals surface area contributed by atoms with E-state index in [-0.39, 0.29) is 0 Å². The molecule has 4 aromatic rings. The van der Waals surface area contributed by atoms with Gasteiger partial charge in [-0.25, -0.2) is 9.97 Å². The first-order valence-corrected chi connectivity index (χ1v) is 10.8. The lowest BCUT2D eigenvalue weighted by atomic mass is 10.1. The average Bonchev–Trinajstić information content (AvgIpc) is 3.28. The van der Waals surface area contributed by atoms with E-state index < -0.39 is 0 Å². The van der Waals surface area contributed by atoms with Crippen molar-refractivity contribution in [3.05, 3.63) is 54.7 Å². The van der Waals surface area contributed by atoms with Crippen LogP contribution in [0.2, 0.25) is 0 Å². The molecule has 1 aliphatic rings. The van der Waals surface area contributed by atoms with Gasteiger partial charge in [-0.05, 0) is 37.4 Å². The molecule has 0 atom stereocenters. The van der Waals surface area contributed by atoms with Crippen molar-refractivity contribution in [3.8, 4) is 34.0 Å². The fraction of sp³-hybridized carbons (Fsp3) is 0.280. The van der Waals surface area contributed by atoms with E-state index in [4.69, 9.17) is 19.4 Å². The van der Waals surface area contributed by atoms with Crippen molar-refractivity contribution in [2.24, 2.45) is 0 Å². The zero-order valence-corrected chi connectivity index (χ0v) is 18.6. The SMILES string of the molecule is COc1ccc(OC)c(-c2cc(-c3c[nH]c4ccccc34)nc(N3CCN(C)CC3)n2)c1. The minimum atomic E-state index is 0.737. The number of H-pyrrole nitrogens is 1. The molecule has 164 valence electrons. The van der Waals surface area contributed by atoms with E-state index in [1.165, 1.54) is 0 Å². The minimum absolute atomic E-state index is 0.737. The van der Waals surface area contributed by atoms with Gasteiger partial charge in [-0.2, -0.15) is 0 Å². The third kappa shape index (κ3) is 3.76. The molecule has 1 saturated heterocycles. The summed E-state index contributed by atoms with van der Waals surface area (Å²) in [5, 5.41) is 1.14. The fourth-order valence-electron chi connectivity index (χ4n) is 4.16. The predicted molar refractivity (Wildman–Crippen MR) is 128 cm³/mol. The van der Waals surface area contributed by atoms with Crippen molar-refractivity contribution in [1.82, 2.24) is 19.9 Å². The van der Waals surface area contributed by atoms with Crippen LogP contribution in [0.25, 0.3) is 33.4 Å². The van der Waals surface area contributed by atoms with Gasteiger partial charge in [-0.15, -0.1) is 0 Å². The van der Waals surface area contributed by atoms with Crippen molar-refractivity contribution in [1.29, 1.82) is 0 Å². The third-order valence-electron chi connectivity index (χ3n) is 6.05. The number of aromatic nitrogens is 3. The van der Waals surface area contributed by atoms with Crippen molar-refractivity contribution < 1.29 is 9.47 Å². The van der Waals surface area contributed by atoms with Crippen LogP contribution in [0.3, 0.4) is 0 Å². The highest BCUT2D eigenvalue weighted by atomic mass is 16.5. The molecule has 7 heteroatoms. The van der Waals surface area contributed by atoms with Crippen LogP contribution >= 0.6 is 0 Å². The van der Waals surface area contributed by atoms with Gasteiger partial charge in [0.1, 0.15) is 11.5 Å². The monoisotopic (exact) mass is 429 g/mol. The summed E-state index contributed by atoms with van der Waals surface area (Å²) >= 11 is 0. The number of aromatic amines is 1. The number of nitrogens with one attached hydrogen (secondary N) is 1. The second kappa shape index (κ2) is 8.51. The van der Waals surface area contributed by atoms with E-state index in [1.54, 1.807) is 14.2 Å². The van der Waals surface area contributed by atoms with Gasteiger partial charge in [0.15, 0.2) is 0 Å². The average molecular weight is 430 g/mol. The number of rotatable bonds is 5. The van der Waals surface area contributed by atoms with E-state index in [9.17, 15) is 0 Å². The summed E-state index contributed by atoms with van der Waals surface area (Å²) in [6, 6.07) is 16.1. The molecule has 0 saturated carbocycles. The zero-order chi connectivity index (χ0) is 22.1. The lowest BCUT2D eigenvalue weighted by Gasteiger charge is -2.32. The van der Waals surface area contributed by atoms with Crippen LogP contribution in [0.4, 0.5) is 5.95 Å². The molecule has 0 unspecified atom stereocenters. The Morgan fingerprint density at radius 3 is 2.34 bits per heavy atom. The topological polar surface area (TPSA) is 66.5 Å². The molecule has 7 nitrogen and oxygen atoms in total. The summed E-state index contributed by atoms with van der Waals surface area (Å²) < 4.78 is 11.1. The highest BCUT2D eigenvalue weighted by Gasteiger charge is 2.21. The highest BCUT2D eigenvalue weighted by Crippen LogP contribution is 2.36. The van der Waals surface area contributed by atoms with E-state index in [1.807, 2.05) is 42.6 Å². The standard InChI is InChI=1S/C25H27N5O2/c1-29-10-12-30(13-11-29)25-27-22(19-14-17(31-2)8-9-24(19)32-3)15-23(28-25)20-16-26-21-7-5-4-6-18(20)21/h4-9,14-16,26H,10-13H2,1-3H3. The molecule has 0 radical (unpaired) electrons. The number of likely N-dealkylation sites (N-methyl/N-ethyl adjacent to an activating group) is 1. The second-order valence-electron chi connectivity index (χ2n) is 8.04. The highest BCUT2D eigenvalue weighted by molar-refractivity contribution is 5.95. The van der Waals surface area contributed by atoms with Crippen LogP contribution in [-0.2, 0) is 0 Å². The Balaban J connectivity index is 1.69. The predicted octanol–water partition coefficient (Wildman–Crippen LogP) is 4.06. The first-order valence-electron chi connectivity index (χ1n) is 10.8. The molecule has 1 N–H and O–H groups in total. The van der Waals surface area contributed by atoms with Crippen LogP contribution in [0.15, 0.2) is 54.7 Å². The Kier molecular flexibility index (Phi) is 5.41. The number of nitrogens with zero attached hydrogens (tertiary/aromatic N) is 4. The van der Waals surface area contributed by atoms with E-state index in [2.05, 4.69) is 34.0 Å². The lowest BCUT2D eigenvalue weighted by Crippen LogP contribution is -2.45. The Morgan fingerprint density at radius 2 is 1.59 bits per heavy atom. The van der Waals surface area contributed by atoms with Crippen LogP contribution in [-0.4, -0.2) is 67.3 Å². The molecule has 3 heterocycles. The zero-order valence-electron chi connectivity index (χ0n) is 18.6. The van der Waals surface area contributed by atoms with E-state index in [0.717, 1.165) is 77.0 Å². The van der Waals surface area contributed by atoms with Gasteiger partial charge >= 0.3 is 0 Å². The molecule has 0 spiro atoms. The number of para-hydroxylation sites is 1. The van der Waals surface area contributed by atoms with Crippen LogP contribution < -0.4 is 14.4 Å². The van der Waals surface area contributed by atoms with Crippen molar-refractivity contribution in [3.63, 3.8) is 0 Å². The Labute approximate surface area is 187 Å². The molecule has 2 aromatic carbocycles.